The Morgan fingerprint density at radius 1 is 1.03 bits per heavy atom. The average Bonchev–Trinajstić information content (AvgIpc) is 2.76. The summed E-state index contributed by atoms with van der Waals surface area (Å²) in [6.07, 6.45) is 0.0934. The summed E-state index contributed by atoms with van der Waals surface area (Å²) in [6.45, 7) is 10.6. The highest BCUT2D eigenvalue weighted by Crippen LogP contribution is 2.30. The van der Waals surface area contributed by atoms with Crippen molar-refractivity contribution in [2.75, 3.05) is 0 Å². The van der Waals surface area contributed by atoms with Crippen molar-refractivity contribution >= 4 is 23.0 Å². The van der Waals surface area contributed by atoms with Gasteiger partial charge < -0.3 is 19.2 Å². The molecule has 0 radical (unpaired) electrons. The molecule has 1 unspecified atom stereocenters. The van der Waals surface area contributed by atoms with Crippen LogP contribution in [0.2, 0.25) is 0 Å². The van der Waals surface area contributed by atoms with Crippen LogP contribution in [0.1, 0.15) is 56.4 Å². The van der Waals surface area contributed by atoms with Gasteiger partial charge in [-0.15, -0.1) is 0 Å². The lowest BCUT2D eigenvalue weighted by Gasteiger charge is -2.22. The summed E-state index contributed by atoms with van der Waals surface area (Å²) in [6, 6.07) is 12.3. The maximum absolute atomic E-state index is 12.8. The lowest BCUT2D eigenvalue weighted by atomic mass is 9.98. The monoisotopic (exact) mass is 465 g/mol. The van der Waals surface area contributed by atoms with E-state index in [4.69, 9.17) is 13.9 Å². The molecule has 0 aliphatic heterocycles. The Hall–Kier alpha value is -3.61. The van der Waals surface area contributed by atoms with E-state index in [9.17, 15) is 14.4 Å². The van der Waals surface area contributed by atoms with E-state index in [1.165, 1.54) is 0 Å². The van der Waals surface area contributed by atoms with Crippen molar-refractivity contribution in [2.45, 2.75) is 66.0 Å². The normalized spacial score (nSPS) is 12.3. The van der Waals surface area contributed by atoms with Crippen LogP contribution >= 0.6 is 0 Å². The first-order valence-electron chi connectivity index (χ1n) is 11.3. The number of carbonyl (C=O) groups is 2. The summed E-state index contributed by atoms with van der Waals surface area (Å²) in [5.41, 5.74) is 2.24. The highest BCUT2D eigenvalue weighted by atomic mass is 16.6. The number of fused-ring (bicyclic) bond motifs is 1. The number of ether oxygens (including phenoxy) is 2. The molecular weight excluding hydrogens is 434 g/mol. The molecule has 1 amide bonds. The van der Waals surface area contributed by atoms with Gasteiger partial charge in [0.05, 0.1) is 0 Å². The molecule has 0 saturated heterocycles. The second-order valence-corrected chi connectivity index (χ2v) is 9.25. The Balaban J connectivity index is 1.86. The minimum Gasteiger partial charge on any atom is -0.444 e. The molecular formula is C27H31NO6. The molecule has 0 saturated carbocycles. The van der Waals surface area contributed by atoms with Gasteiger partial charge in [-0.1, -0.05) is 37.3 Å². The second kappa shape index (κ2) is 10.1. The summed E-state index contributed by atoms with van der Waals surface area (Å²) in [5, 5.41) is 3.32. The van der Waals surface area contributed by atoms with Crippen molar-refractivity contribution < 1.29 is 23.5 Å². The molecule has 0 aliphatic rings. The van der Waals surface area contributed by atoms with E-state index in [1.54, 1.807) is 46.8 Å². The molecule has 1 aromatic heterocycles. The number of alkyl carbamates (subject to hydrolysis) is 1. The number of aryl methyl sites for hydroxylation is 2. The van der Waals surface area contributed by atoms with Gasteiger partial charge in [-0.05, 0) is 64.3 Å². The van der Waals surface area contributed by atoms with Gasteiger partial charge in [0.2, 0.25) is 0 Å². The van der Waals surface area contributed by atoms with Gasteiger partial charge in [0, 0.05) is 22.9 Å². The third-order valence-electron chi connectivity index (χ3n) is 5.47. The van der Waals surface area contributed by atoms with Crippen molar-refractivity contribution in [3.8, 4) is 5.75 Å². The highest BCUT2D eigenvalue weighted by molar-refractivity contribution is 5.88. The highest BCUT2D eigenvalue weighted by Gasteiger charge is 2.25. The van der Waals surface area contributed by atoms with Gasteiger partial charge in [-0.2, -0.15) is 0 Å². The number of hydrogen-bond donors (Lipinski definition) is 1. The van der Waals surface area contributed by atoms with Crippen molar-refractivity contribution in [1.82, 2.24) is 5.32 Å². The fraction of sp³-hybridized carbons (Fsp3) is 0.370. The summed E-state index contributed by atoms with van der Waals surface area (Å²) in [5.74, 6) is -0.365. The van der Waals surface area contributed by atoms with Crippen LogP contribution < -0.4 is 15.7 Å². The first-order valence-corrected chi connectivity index (χ1v) is 11.3. The minimum absolute atomic E-state index is 0.264. The van der Waals surface area contributed by atoms with Crippen LogP contribution in [0, 0.1) is 13.8 Å². The number of hydrogen-bond acceptors (Lipinski definition) is 6. The number of esters is 1. The van der Waals surface area contributed by atoms with E-state index < -0.39 is 29.3 Å². The number of carbonyl (C=O) groups excluding carboxylic acids is 2. The molecule has 3 rings (SSSR count). The quantitative estimate of drug-likeness (QED) is 0.305. The van der Waals surface area contributed by atoms with Crippen molar-refractivity contribution in [3.63, 3.8) is 0 Å². The molecule has 0 spiro atoms. The van der Waals surface area contributed by atoms with Crippen molar-refractivity contribution in [2.24, 2.45) is 0 Å². The van der Waals surface area contributed by atoms with Crippen LogP contribution in [0.25, 0.3) is 11.0 Å². The summed E-state index contributed by atoms with van der Waals surface area (Å²) >= 11 is 0. The molecule has 0 fully saturated rings. The van der Waals surface area contributed by atoms with E-state index in [1.807, 2.05) is 37.3 Å². The van der Waals surface area contributed by atoms with E-state index >= 15 is 0 Å². The van der Waals surface area contributed by atoms with Gasteiger partial charge in [-0.3, -0.25) is 0 Å². The number of rotatable bonds is 6. The maximum Gasteiger partial charge on any atom is 0.408 e. The summed E-state index contributed by atoms with van der Waals surface area (Å²) in [4.78, 5) is 37.6. The summed E-state index contributed by atoms with van der Waals surface area (Å²) < 4.78 is 16.5. The van der Waals surface area contributed by atoms with Crippen LogP contribution in [0.3, 0.4) is 0 Å². The zero-order valence-corrected chi connectivity index (χ0v) is 20.5. The molecule has 0 bridgehead atoms. The zero-order valence-electron chi connectivity index (χ0n) is 20.5. The van der Waals surface area contributed by atoms with Gasteiger partial charge in [0.1, 0.15) is 23.0 Å². The zero-order chi connectivity index (χ0) is 25.0. The molecule has 180 valence electrons. The summed E-state index contributed by atoms with van der Waals surface area (Å²) in [7, 11) is 0. The molecule has 1 heterocycles. The molecule has 0 aliphatic carbocycles. The second-order valence-electron chi connectivity index (χ2n) is 9.25. The third-order valence-corrected chi connectivity index (χ3v) is 5.47. The Kier molecular flexibility index (Phi) is 7.44. The largest absolute Gasteiger partial charge is 0.444 e. The van der Waals surface area contributed by atoms with Gasteiger partial charge in [0.25, 0.3) is 0 Å². The molecule has 7 nitrogen and oxygen atoms in total. The Labute approximate surface area is 199 Å². The Morgan fingerprint density at radius 3 is 2.32 bits per heavy atom. The lowest BCUT2D eigenvalue weighted by molar-refractivity contribution is -0.136. The standard InChI is InChI=1S/C27H31NO6/c1-7-21(28-26(31)34-27(4,5)6)25(30)32-22-14-13-19-16(2)20(15-18-11-9-8-10-12-18)24(29)33-23(19)17(22)3/h8-14,21H,7,15H2,1-6H3,(H,28,31). The van der Waals surface area contributed by atoms with Gasteiger partial charge in [0.15, 0.2) is 0 Å². The molecule has 1 atom stereocenters. The Bertz CT molecular complexity index is 1250. The lowest BCUT2D eigenvalue weighted by Crippen LogP contribution is -2.44. The number of amides is 1. The minimum atomic E-state index is -0.882. The maximum atomic E-state index is 12.8. The van der Waals surface area contributed by atoms with Crippen LogP contribution in [-0.2, 0) is 16.0 Å². The first kappa shape index (κ1) is 25.0. The van der Waals surface area contributed by atoms with Gasteiger partial charge in [-0.25, -0.2) is 14.4 Å². The fourth-order valence-corrected chi connectivity index (χ4v) is 3.64. The first-order chi connectivity index (χ1) is 16.0. The molecule has 1 N–H and O–H groups in total. The van der Waals surface area contributed by atoms with Gasteiger partial charge >= 0.3 is 17.7 Å². The molecule has 7 heteroatoms. The fourth-order valence-electron chi connectivity index (χ4n) is 3.64. The number of nitrogens with one attached hydrogen (secondary N) is 1. The van der Waals surface area contributed by atoms with E-state index in [2.05, 4.69) is 5.32 Å². The van der Waals surface area contributed by atoms with Crippen molar-refractivity contribution in [1.29, 1.82) is 0 Å². The molecule has 34 heavy (non-hydrogen) atoms. The smallest absolute Gasteiger partial charge is 0.408 e. The van der Waals surface area contributed by atoms with E-state index in [0.29, 0.717) is 29.6 Å². The van der Waals surface area contributed by atoms with Crippen molar-refractivity contribution in [3.05, 3.63) is 75.1 Å². The average molecular weight is 466 g/mol. The van der Waals surface area contributed by atoms with E-state index in [0.717, 1.165) is 16.5 Å². The van der Waals surface area contributed by atoms with Crippen LogP contribution in [-0.4, -0.2) is 23.7 Å². The molecule has 3 aromatic rings. The third kappa shape index (κ3) is 5.84. The van der Waals surface area contributed by atoms with E-state index in [-0.39, 0.29) is 5.75 Å². The predicted molar refractivity (Wildman–Crippen MR) is 130 cm³/mol. The predicted octanol–water partition coefficient (Wildman–Crippen LogP) is 5.21. The van der Waals surface area contributed by atoms with Crippen LogP contribution in [0.15, 0.2) is 51.7 Å². The SMILES string of the molecule is CCC(NC(=O)OC(C)(C)C)C(=O)Oc1ccc2c(C)c(Cc3ccccc3)c(=O)oc2c1C. The molecule has 2 aromatic carbocycles. The number of benzene rings is 2. The van der Waals surface area contributed by atoms with Crippen LogP contribution in [0.5, 0.6) is 5.75 Å². The Morgan fingerprint density at radius 2 is 1.71 bits per heavy atom. The topological polar surface area (TPSA) is 94.8 Å². The van der Waals surface area contributed by atoms with Crippen LogP contribution in [0.4, 0.5) is 4.79 Å².